The molecule has 2 unspecified atom stereocenters. The fourth-order valence-corrected chi connectivity index (χ4v) is 2.66. The minimum absolute atomic E-state index is 0. The molecule has 0 heterocycles. The monoisotopic (exact) mass is 419 g/mol. The molecule has 2 aromatic carbocycles. The van der Waals surface area contributed by atoms with Crippen molar-refractivity contribution in [2.75, 3.05) is 20.6 Å². The molecule has 0 aliphatic heterocycles. The number of rotatable bonds is 7. The third-order valence-electron chi connectivity index (χ3n) is 4.06. The van der Waals surface area contributed by atoms with Gasteiger partial charge in [0.1, 0.15) is 11.6 Å². The van der Waals surface area contributed by atoms with Crippen LogP contribution in [-0.4, -0.2) is 37.5 Å². The van der Waals surface area contributed by atoms with E-state index >= 15 is 0 Å². The second-order valence-electron chi connectivity index (χ2n) is 6.16. The summed E-state index contributed by atoms with van der Waals surface area (Å²) in [7, 11) is 3.40. The number of amides is 1. The normalized spacial score (nSPS) is 12.5. The minimum atomic E-state index is -0.726. The molecule has 0 bridgehead atoms. The Labute approximate surface area is 170 Å². The molecular weight excluding hydrogens is 395 g/mol. The predicted octanol–water partition coefficient (Wildman–Crippen LogP) is 3.10. The van der Waals surface area contributed by atoms with Crippen LogP contribution in [-0.2, 0) is 11.2 Å². The summed E-state index contributed by atoms with van der Waals surface area (Å²) < 4.78 is 28.1. The van der Waals surface area contributed by atoms with Crippen LogP contribution in [0, 0.1) is 11.6 Å². The third-order valence-corrected chi connectivity index (χ3v) is 4.06. The number of likely N-dealkylation sites (N-methyl/N-ethyl adjacent to an activating group) is 1. The van der Waals surface area contributed by atoms with Crippen molar-refractivity contribution in [2.45, 2.75) is 18.5 Å². The Morgan fingerprint density at radius 1 is 1.04 bits per heavy atom. The standard InChI is InChI=1S/C19H23F2N3O.2ClH/c1-24(2)17(18-14(20)9-6-10-15(18)21)12-23-19(25)16(22)11-13-7-4-3-5-8-13;;/h3-10,16-17H,11-12,22H2,1-2H3,(H,23,25);2*1H. The lowest BCUT2D eigenvalue weighted by Gasteiger charge is -2.26. The molecule has 8 heteroatoms. The molecule has 0 saturated heterocycles. The highest BCUT2D eigenvalue weighted by Crippen LogP contribution is 2.23. The van der Waals surface area contributed by atoms with Crippen molar-refractivity contribution < 1.29 is 13.6 Å². The zero-order valence-electron chi connectivity index (χ0n) is 15.2. The Balaban J connectivity index is 0.00000338. The van der Waals surface area contributed by atoms with Gasteiger partial charge >= 0.3 is 0 Å². The smallest absolute Gasteiger partial charge is 0.237 e. The molecule has 0 aliphatic rings. The van der Waals surface area contributed by atoms with Crippen LogP contribution in [0.2, 0.25) is 0 Å². The lowest BCUT2D eigenvalue weighted by atomic mass is 10.0. The van der Waals surface area contributed by atoms with E-state index in [2.05, 4.69) is 5.32 Å². The number of halogens is 4. The Hall–Kier alpha value is -1.73. The van der Waals surface area contributed by atoms with Gasteiger partial charge in [0.15, 0.2) is 0 Å². The summed E-state index contributed by atoms with van der Waals surface area (Å²) in [6.45, 7) is 0.0617. The molecule has 27 heavy (non-hydrogen) atoms. The SMILES string of the molecule is CN(C)C(CNC(=O)C(N)Cc1ccccc1)c1c(F)cccc1F.Cl.Cl. The lowest BCUT2D eigenvalue weighted by Crippen LogP contribution is -2.45. The summed E-state index contributed by atoms with van der Waals surface area (Å²) in [5.74, 6) is -1.63. The number of carbonyl (C=O) groups is 1. The number of nitrogens with one attached hydrogen (secondary N) is 1. The molecule has 0 radical (unpaired) electrons. The molecule has 0 aromatic heterocycles. The fourth-order valence-electron chi connectivity index (χ4n) is 2.66. The van der Waals surface area contributed by atoms with Gasteiger partial charge in [-0.1, -0.05) is 36.4 Å². The fraction of sp³-hybridized carbons (Fsp3) is 0.316. The van der Waals surface area contributed by atoms with Crippen LogP contribution in [0.1, 0.15) is 17.2 Å². The van der Waals surface area contributed by atoms with Crippen molar-refractivity contribution in [3.05, 3.63) is 71.3 Å². The van der Waals surface area contributed by atoms with Gasteiger partial charge in [0.25, 0.3) is 0 Å². The van der Waals surface area contributed by atoms with Crippen LogP contribution in [0.3, 0.4) is 0 Å². The first kappa shape index (κ1) is 25.3. The highest BCUT2D eigenvalue weighted by molar-refractivity contribution is 5.85. The topological polar surface area (TPSA) is 58.4 Å². The van der Waals surface area contributed by atoms with Crippen LogP contribution in [0.4, 0.5) is 8.78 Å². The van der Waals surface area contributed by atoms with E-state index in [1.807, 2.05) is 30.3 Å². The average Bonchev–Trinajstić information content (AvgIpc) is 2.57. The summed E-state index contributed by atoms with van der Waals surface area (Å²) >= 11 is 0. The van der Waals surface area contributed by atoms with Crippen LogP contribution < -0.4 is 11.1 Å². The van der Waals surface area contributed by atoms with Gasteiger partial charge in [-0.15, -0.1) is 24.8 Å². The molecule has 150 valence electrons. The molecule has 2 aromatic rings. The second kappa shape index (κ2) is 11.9. The van der Waals surface area contributed by atoms with Crippen molar-refractivity contribution in [1.82, 2.24) is 10.2 Å². The highest BCUT2D eigenvalue weighted by Gasteiger charge is 2.24. The molecule has 3 N–H and O–H groups in total. The number of hydrogen-bond acceptors (Lipinski definition) is 3. The first-order valence-electron chi connectivity index (χ1n) is 8.07. The summed E-state index contributed by atoms with van der Waals surface area (Å²) in [5, 5.41) is 2.70. The van der Waals surface area contributed by atoms with Gasteiger partial charge in [-0.2, -0.15) is 0 Å². The largest absolute Gasteiger partial charge is 0.353 e. The summed E-state index contributed by atoms with van der Waals surface area (Å²) in [5.41, 5.74) is 6.82. The molecule has 1 amide bonds. The zero-order valence-corrected chi connectivity index (χ0v) is 16.8. The van der Waals surface area contributed by atoms with Gasteiger partial charge < -0.3 is 16.0 Å². The first-order valence-corrected chi connectivity index (χ1v) is 8.07. The number of carbonyl (C=O) groups excluding carboxylic acids is 1. The van der Waals surface area contributed by atoms with E-state index in [4.69, 9.17) is 5.73 Å². The van der Waals surface area contributed by atoms with Crippen molar-refractivity contribution >= 4 is 30.7 Å². The van der Waals surface area contributed by atoms with E-state index in [9.17, 15) is 13.6 Å². The lowest BCUT2D eigenvalue weighted by molar-refractivity contribution is -0.122. The molecule has 0 spiro atoms. The first-order chi connectivity index (χ1) is 11.9. The van der Waals surface area contributed by atoms with Crippen molar-refractivity contribution in [1.29, 1.82) is 0 Å². The van der Waals surface area contributed by atoms with Crippen LogP contribution >= 0.6 is 24.8 Å². The van der Waals surface area contributed by atoms with Crippen LogP contribution in [0.25, 0.3) is 0 Å². The van der Waals surface area contributed by atoms with Gasteiger partial charge in [-0.25, -0.2) is 8.78 Å². The molecule has 0 aliphatic carbocycles. The number of hydrogen-bond donors (Lipinski definition) is 2. The van der Waals surface area contributed by atoms with E-state index in [1.165, 1.54) is 18.2 Å². The molecule has 2 rings (SSSR count). The molecule has 2 atom stereocenters. The average molecular weight is 420 g/mol. The van der Waals surface area contributed by atoms with Gasteiger partial charge in [-0.3, -0.25) is 4.79 Å². The Morgan fingerprint density at radius 2 is 1.59 bits per heavy atom. The molecular formula is C19H25Cl2F2N3O. The Morgan fingerprint density at radius 3 is 2.11 bits per heavy atom. The van der Waals surface area contributed by atoms with Gasteiger partial charge in [0.2, 0.25) is 5.91 Å². The van der Waals surface area contributed by atoms with Crippen LogP contribution in [0.15, 0.2) is 48.5 Å². The molecule has 4 nitrogen and oxygen atoms in total. The predicted molar refractivity (Wildman–Crippen MR) is 108 cm³/mol. The maximum atomic E-state index is 14.0. The molecule has 0 fully saturated rings. The number of nitrogens with two attached hydrogens (primary N) is 1. The van der Waals surface area contributed by atoms with E-state index < -0.39 is 23.7 Å². The second-order valence-corrected chi connectivity index (χ2v) is 6.16. The van der Waals surface area contributed by atoms with Crippen LogP contribution in [0.5, 0.6) is 0 Å². The van der Waals surface area contributed by atoms with E-state index in [1.54, 1.807) is 19.0 Å². The highest BCUT2D eigenvalue weighted by atomic mass is 35.5. The van der Waals surface area contributed by atoms with Crippen molar-refractivity contribution in [2.24, 2.45) is 5.73 Å². The maximum absolute atomic E-state index is 14.0. The minimum Gasteiger partial charge on any atom is -0.353 e. The van der Waals surface area contributed by atoms with Gasteiger partial charge in [0.05, 0.1) is 12.1 Å². The Kier molecular flexibility index (Phi) is 11.1. The van der Waals surface area contributed by atoms with Crippen molar-refractivity contribution in [3.63, 3.8) is 0 Å². The van der Waals surface area contributed by atoms with Gasteiger partial charge in [-0.05, 0) is 38.2 Å². The summed E-state index contributed by atoms with van der Waals surface area (Å²) in [6, 6.07) is 11.8. The summed E-state index contributed by atoms with van der Waals surface area (Å²) in [6.07, 6.45) is 0.396. The summed E-state index contributed by atoms with van der Waals surface area (Å²) in [4.78, 5) is 13.9. The van der Waals surface area contributed by atoms with Crippen molar-refractivity contribution in [3.8, 4) is 0 Å². The van der Waals surface area contributed by atoms with E-state index in [0.717, 1.165) is 5.56 Å². The van der Waals surface area contributed by atoms with E-state index in [0.29, 0.717) is 6.42 Å². The number of nitrogens with zero attached hydrogens (tertiary/aromatic N) is 1. The quantitative estimate of drug-likeness (QED) is 0.724. The van der Waals surface area contributed by atoms with Gasteiger partial charge in [0, 0.05) is 12.1 Å². The van der Waals surface area contributed by atoms with E-state index in [-0.39, 0.29) is 42.8 Å². The Bertz CT molecular complexity index is 697. The maximum Gasteiger partial charge on any atom is 0.237 e. The third kappa shape index (κ3) is 7.07. The zero-order chi connectivity index (χ0) is 18.4. The molecule has 0 saturated carbocycles. The number of benzene rings is 2.